The molecule has 96 valence electrons. The van der Waals surface area contributed by atoms with Crippen LogP contribution in [-0.2, 0) is 6.54 Å². The molecule has 18 heavy (non-hydrogen) atoms. The maximum atomic E-state index is 3.48. The van der Waals surface area contributed by atoms with Crippen LogP contribution in [-0.4, -0.2) is 19.6 Å². The van der Waals surface area contributed by atoms with Crippen molar-refractivity contribution in [1.29, 1.82) is 0 Å². The third-order valence-electron chi connectivity index (χ3n) is 3.10. The van der Waals surface area contributed by atoms with E-state index in [2.05, 4.69) is 59.2 Å². The Labute approximate surface area is 110 Å². The first-order valence-corrected chi connectivity index (χ1v) is 6.75. The Morgan fingerprint density at radius 1 is 0.944 bits per heavy atom. The Hall–Kier alpha value is -1.38. The third-order valence-corrected chi connectivity index (χ3v) is 3.10. The van der Waals surface area contributed by atoms with Gasteiger partial charge in [-0.05, 0) is 18.4 Å². The van der Waals surface area contributed by atoms with E-state index < -0.39 is 0 Å². The van der Waals surface area contributed by atoms with E-state index in [1.165, 1.54) is 24.0 Å². The van der Waals surface area contributed by atoms with E-state index in [9.17, 15) is 0 Å². The highest BCUT2D eigenvalue weighted by Gasteiger charge is 1.98. The minimum atomic E-state index is 0.952. The number of hydrogen-bond acceptors (Lipinski definition) is 2. The molecule has 0 saturated heterocycles. The first-order chi connectivity index (χ1) is 8.95. The summed E-state index contributed by atoms with van der Waals surface area (Å²) in [6.07, 6.45) is 9.02. The van der Waals surface area contributed by atoms with Gasteiger partial charge in [0, 0.05) is 26.2 Å². The predicted octanol–water partition coefficient (Wildman–Crippen LogP) is 2.64. The molecule has 0 amide bonds. The summed E-state index contributed by atoms with van der Waals surface area (Å²) in [7, 11) is 0. The molecular weight excluding hydrogens is 220 g/mol. The molecule has 0 atom stereocenters. The first kappa shape index (κ1) is 13.1. The fraction of sp³-hybridized carbons (Fsp3) is 0.375. The molecule has 2 rings (SSSR count). The lowest BCUT2D eigenvalue weighted by molar-refractivity contribution is 0.624. The van der Waals surface area contributed by atoms with Gasteiger partial charge in [0.1, 0.15) is 0 Å². The standard InChI is InChI=1S/C16H22N2/c1-3-7-15(8-4-1)13-17-11-12-18-14-16-9-5-2-6-10-16/h1-5,7-9,17-18H,6,10-14H2. The molecule has 1 aliphatic rings. The van der Waals surface area contributed by atoms with Gasteiger partial charge in [-0.2, -0.15) is 0 Å². The summed E-state index contributed by atoms with van der Waals surface area (Å²) in [5, 5.41) is 6.92. The van der Waals surface area contributed by atoms with Gasteiger partial charge in [0.15, 0.2) is 0 Å². The Bertz CT molecular complexity index is 393. The Kier molecular flexibility index (Phi) is 5.70. The average molecular weight is 242 g/mol. The molecule has 2 nitrogen and oxygen atoms in total. The molecule has 0 aromatic heterocycles. The van der Waals surface area contributed by atoms with Gasteiger partial charge in [0.2, 0.25) is 0 Å². The molecule has 0 unspecified atom stereocenters. The van der Waals surface area contributed by atoms with Crippen LogP contribution in [0.5, 0.6) is 0 Å². The van der Waals surface area contributed by atoms with Gasteiger partial charge in [-0.25, -0.2) is 0 Å². The summed E-state index contributed by atoms with van der Waals surface area (Å²) >= 11 is 0. The summed E-state index contributed by atoms with van der Waals surface area (Å²) in [5.41, 5.74) is 2.86. The molecule has 2 heteroatoms. The van der Waals surface area contributed by atoms with Crippen molar-refractivity contribution in [3.05, 3.63) is 59.7 Å². The van der Waals surface area contributed by atoms with Gasteiger partial charge in [0.05, 0.1) is 0 Å². The second-order valence-electron chi connectivity index (χ2n) is 4.63. The number of hydrogen-bond donors (Lipinski definition) is 2. The van der Waals surface area contributed by atoms with Crippen LogP contribution in [0, 0.1) is 0 Å². The van der Waals surface area contributed by atoms with E-state index in [0.717, 1.165) is 26.2 Å². The molecule has 0 aliphatic heterocycles. The summed E-state index contributed by atoms with van der Waals surface area (Å²) in [6.45, 7) is 4.01. The first-order valence-electron chi connectivity index (χ1n) is 6.75. The SMILES string of the molecule is C1=CCCC(CNCCNCc2ccccc2)=C1. The lowest BCUT2D eigenvalue weighted by Gasteiger charge is -2.10. The third kappa shape index (κ3) is 4.86. The molecule has 1 aliphatic carbocycles. The molecule has 0 radical (unpaired) electrons. The van der Waals surface area contributed by atoms with E-state index in [-0.39, 0.29) is 0 Å². The smallest absolute Gasteiger partial charge is 0.0206 e. The summed E-state index contributed by atoms with van der Waals surface area (Å²) in [4.78, 5) is 0. The summed E-state index contributed by atoms with van der Waals surface area (Å²) in [6, 6.07) is 10.5. The highest BCUT2D eigenvalue weighted by molar-refractivity contribution is 5.18. The van der Waals surface area contributed by atoms with Crippen molar-refractivity contribution in [3.8, 4) is 0 Å². The van der Waals surface area contributed by atoms with E-state index in [4.69, 9.17) is 0 Å². The highest BCUT2D eigenvalue weighted by Crippen LogP contribution is 2.09. The zero-order valence-electron chi connectivity index (χ0n) is 10.9. The van der Waals surface area contributed by atoms with Crippen LogP contribution >= 0.6 is 0 Å². The maximum Gasteiger partial charge on any atom is 0.0206 e. The molecule has 0 saturated carbocycles. The molecule has 0 spiro atoms. The van der Waals surface area contributed by atoms with Crippen LogP contribution in [0.15, 0.2) is 54.1 Å². The maximum absolute atomic E-state index is 3.48. The van der Waals surface area contributed by atoms with Crippen molar-refractivity contribution in [1.82, 2.24) is 10.6 Å². The van der Waals surface area contributed by atoms with Crippen LogP contribution in [0.2, 0.25) is 0 Å². The largest absolute Gasteiger partial charge is 0.312 e. The normalized spacial score (nSPS) is 14.6. The van der Waals surface area contributed by atoms with Gasteiger partial charge in [-0.3, -0.25) is 0 Å². The number of allylic oxidation sites excluding steroid dienone is 3. The van der Waals surface area contributed by atoms with Crippen molar-refractivity contribution < 1.29 is 0 Å². The lowest BCUT2D eigenvalue weighted by atomic mass is 10.1. The van der Waals surface area contributed by atoms with Crippen molar-refractivity contribution in [2.45, 2.75) is 19.4 Å². The van der Waals surface area contributed by atoms with Gasteiger partial charge in [-0.1, -0.05) is 54.1 Å². The Morgan fingerprint density at radius 2 is 1.72 bits per heavy atom. The lowest BCUT2D eigenvalue weighted by Crippen LogP contribution is -2.28. The quantitative estimate of drug-likeness (QED) is 0.718. The number of nitrogens with one attached hydrogen (secondary N) is 2. The average Bonchev–Trinajstić information content (AvgIpc) is 2.45. The molecule has 2 N–H and O–H groups in total. The second-order valence-corrected chi connectivity index (χ2v) is 4.63. The summed E-state index contributed by atoms with van der Waals surface area (Å²) in [5.74, 6) is 0. The molecule has 0 bridgehead atoms. The molecule has 0 fully saturated rings. The predicted molar refractivity (Wildman–Crippen MR) is 77.5 cm³/mol. The van der Waals surface area contributed by atoms with Crippen LogP contribution in [0.25, 0.3) is 0 Å². The number of benzene rings is 1. The molecular formula is C16H22N2. The molecule has 1 aromatic rings. The second kappa shape index (κ2) is 7.85. The van der Waals surface area contributed by atoms with Gasteiger partial charge in [0.25, 0.3) is 0 Å². The zero-order chi connectivity index (χ0) is 12.5. The summed E-state index contributed by atoms with van der Waals surface area (Å²) < 4.78 is 0. The number of rotatable bonds is 7. The van der Waals surface area contributed by atoms with Gasteiger partial charge >= 0.3 is 0 Å². The topological polar surface area (TPSA) is 24.1 Å². The molecule has 1 aromatic carbocycles. The molecule has 0 heterocycles. The Balaban J connectivity index is 1.51. The van der Waals surface area contributed by atoms with Crippen molar-refractivity contribution in [2.24, 2.45) is 0 Å². The fourth-order valence-corrected chi connectivity index (χ4v) is 2.05. The van der Waals surface area contributed by atoms with E-state index >= 15 is 0 Å². The minimum absolute atomic E-state index is 0.952. The van der Waals surface area contributed by atoms with Crippen molar-refractivity contribution >= 4 is 0 Å². The van der Waals surface area contributed by atoms with Crippen LogP contribution in [0.3, 0.4) is 0 Å². The van der Waals surface area contributed by atoms with Gasteiger partial charge in [-0.15, -0.1) is 0 Å². The van der Waals surface area contributed by atoms with Crippen LogP contribution in [0.1, 0.15) is 18.4 Å². The van der Waals surface area contributed by atoms with Crippen LogP contribution in [0.4, 0.5) is 0 Å². The van der Waals surface area contributed by atoms with E-state index in [1.54, 1.807) is 0 Å². The van der Waals surface area contributed by atoms with Crippen molar-refractivity contribution in [3.63, 3.8) is 0 Å². The van der Waals surface area contributed by atoms with E-state index in [1.807, 2.05) is 0 Å². The van der Waals surface area contributed by atoms with E-state index in [0.29, 0.717) is 0 Å². The Morgan fingerprint density at radius 3 is 2.44 bits per heavy atom. The highest BCUT2D eigenvalue weighted by atomic mass is 14.9. The van der Waals surface area contributed by atoms with Crippen molar-refractivity contribution in [2.75, 3.05) is 19.6 Å². The van der Waals surface area contributed by atoms with Gasteiger partial charge < -0.3 is 10.6 Å². The van der Waals surface area contributed by atoms with Crippen LogP contribution < -0.4 is 10.6 Å². The fourth-order valence-electron chi connectivity index (χ4n) is 2.05. The monoisotopic (exact) mass is 242 g/mol. The minimum Gasteiger partial charge on any atom is -0.312 e. The zero-order valence-corrected chi connectivity index (χ0v) is 10.9.